The van der Waals surface area contributed by atoms with Gasteiger partial charge in [0.25, 0.3) is 5.91 Å². The molecule has 2 N–H and O–H groups in total. The Morgan fingerprint density at radius 3 is 2.04 bits per heavy atom. The SMILES string of the molecule is CN(CCN1CCC(OC(=O)Nc2ccccc2-c2ccccc2)CC1)C(=O)c1ccc(CN(Cc2ccc(O)cc2)C(=O)OC(C)(C)C)cc1. The normalized spacial score (nSPS) is 13.6. The molecule has 5 rings (SSSR count). The summed E-state index contributed by atoms with van der Waals surface area (Å²) in [5.74, 6) is 0.0750. The van der Waals surface area contributed by atoms with Crippen LogP contribution >= 0.6 is 0 Å². The third kappa shape index (κ3) is 11.1. The summed E-state index contributed by atoms with van der Waals surface area (Å²) in [6.07, 6.45) is 0.372. The van der Waals surface area contributed by atoms with Gasteiger partial charge in [-0.25, -0.2) is 9.59 Å². The number of hydrogen-bond acceptors (Lipinski definition) is 7. The highest BCUT2D eigenvalue weighted by Gasteiger charge is 2.25. The lowest BCUT2D eigenvalue weighted by atomic mass is 10.0. The number of phenolic OH excluding ortho intramolecular Hbond substituents is 1. The molecule has 10 heteroatoms. The number of carbonyl (C=O) groups is 3. The number of benzene rings is 4. The van der Waals surface area contributed by atoms with Gasteiger partial charge in [-0.3, -0.25) is 15.0 Å². The van der Waals surface area contributed by atoms with Crippen molar-refractivity contribution < 1.29 is 29.0 Å². The number of likely N-dealkylation sites (N-methyl/N-ethyl adjacent to an activating group) is 1. The van der Waals surface area contributed by atoms with Gasteiger partial charge in [-0.05, 0) is 80.6 Å². The van der Waals surface area contributed by atoms with Crippen LogP contribution in [-0.2, 0) is 22.6 Å². The van der Waals surface area contributed by atoms with Crippen molar-refractivity contribution in [1.29, 1.82) is 0 Å². The predicted octanol–water partition coefficient (Wildman–Crippen LogP) is 7.78. The summed E-state index contributed by atoms with van der Waals surface area (Å²) in [6.45, 7) is 8.89. The van der Waals surface area contributed by atoms with Gasteiger partial charge in [-0.2, -0.15) is 0 Å². The number of likely N-dealkylation sites (tertiary alicyclic amines) is 1. The average Bonchev–Trinajstić information content (AvgIpc) is 3.11. The van der Waals surface area contributed by atoms with Crippen molar-refractivity contribution in [2.45, 2.75) is 58.4 Å². The van der Waals surface area contributed by atoms with E-state index >= 15 is 0 Å². The quantitative estimate of drug-likeness (QED) is 0.165. The smallest absolute Gasteiger partial charge is 0.411 e. The van der Waals surface area contributed by atoms with Crippen molar-refractivity contribution in [3.63, 3.8) is 0 Å². The molecule has 4 aromatic rings. The monoisotopic (exact) mass is 692 g/mol. The summed E-state index contributed by atoms with van der Waals surface area (Å²) < 4.78 is 11.4. The summed E-state index contributed by atoms with van der Waals surface area (Å²) in [5, 5.41) is 12.6. The molecule has 1 fully saturated rings. The molecule has 10 nitrogen and oxygen atoms in total. The standard InChI is InChI=1S/C41H48N4O6/c1-41(2,3)51-40(49)45(29-31-16-20-34(46)21-17-31)28-30-14-18-33(19-15-30)38(47)43(4)26-27-44-24-22-35(23-25-44)50-39(48)42-37-13-9-8-12-36(37)32-10-6-5-7-11-32/h5-21,35,46H,22-29H2,1-4H3,(H,42,48). The van der Waals surface area contributed by atoms with Gasteiger partial charge in [-0.15, -0.1) is 0 Å². The van der Waals surface area contributed by atoms with Gasteiger partial charge in [0, 0.05) is 57.4 Å². The number of rotatable bonds is 11. The highest BCUT2D eigenvalue weighted by atomic mass is 16.6. The van der Waals surface area contributed by atoms with Gasteiger partial charge < -0.3 is 24.4 Å². The number of hydrogen-bond donors (Lipinski definition) is 2. The highest BCUT2D eigenvalue weighted by Crippen LogP contribution is 2.28. The summed E-state index contributed by atoms with van der Waals surface area (Å²) in [5.41, 5.74) is 4.30. The van der Waals surface area contributed by atoms with E-state index in [0.717, 1.165) is 48.2 Å². The minimum Gasteiger partial charge on any atom is -0.508 e. The van der Waals surface area contributed by atoms with Crippen molar-refractivity contribution in [3.8, 4) is 16.9 Å². The minimum atomic E-state index is -0.651. The summed E-state index contributed by atoms with van der Waals surface area (Å²) >= 11 is 0. The van der Waals surface area contributed by atoms with Crippen LogP contribution in [0.2, 0.25) is 0 Å². The van der Waals surface area contributed by atoms with Crippen molar-refractivity contribution in [2.75, 3.05) is 38.5 Å². The van der Waals surface area contributed by atoms with Crippen molar-refractivity contribution in [3.05, 3.63) is 120 Å². The summed E-state index contributed by atoms with van der Waals surface area (Å²) in [7, 11) is 1.80. The molecule has 0 aliphatic carbocycles. The fraction of sp³-hybridized carbons (Fsp3) is 0.341. The molecule has 3 amide bonds. The molecule has 51 heavy (non-hydrogen) atoms. The van der Waals surface area contributed by atoms with Gasteiger partial charge in [0.05, 0.1) is 5.69 Å². The number of phenols is 1. The number of aromatic hydroxyl groups is 1. The molecule has 1 heterocycles. The van der Waals surface area contributed by atoms with Crippen LogP contribution in [0.3, 0.4) is 0 Å². The second-order valence-electron chi connectivity index (χ2n) is 13.9. The first-order valence-corrected chi connectivity index (χ1v) is 17.4. The van der Waals surface area contributed by atoms with Crippen LogP contribution in [-0.4, -0.2) is 82.8 Å². The topological polar surface area (TPSA) is 112 Å². The first kappa shape index (κ1) is 36.9. The Morgan fingerprint density at radius 1 is 0.824 bits per heavy atom. The largest absolute Gasteiger partial charge is 0.508 e. The zero-order valence-corrected chi connectivity index (χ0v) is 29.9. The maximum Gasteiger partial charge on any atom is 0.411 e. The Balaban J connectivity index is 1.07. The van der Waals surface area contributed by atoms with E-state index in [9.17, 15) is 19.5 Å². The molecule has 1 aliphatic heterocycles. The Bertz CT molecular complexity index is 1750. The zero-order valence-electron chi connectivity index (χ0n) is 29.9. The minimum absolute atomic E-state index is 0.0830. The Labute approximate surface area is 300 Å². The van der Waals surface area contributed by atoms with Crippen molar-refractivity contribution in [2.24, 2.45) is 0 Å². The molecule has 0 atom stereocenters. The number of ether oxygens (including phenoxy) is 2. The maximum absolute atomic E-state index is 13.3. The highest BCUT2D eigenvalue weighted by molar-refractivity contribution is 5.94. The van der Waals surface area contributed by atoms with E-state index in [2.05, 4.69) is 10.2 Å². The van der Waals surface area contributed by atoms with Crippen LogP contribution in [0.4, 0.5) is 15.3 Å². The molecule has 0 unspecified atom stereocenters. The van der Waals surface area contributed by atoms with Gasteiger partial charge >= 0.3 is 12.2 Å². The third-order valence-electron chi connectivity index (χ3n) is 8.69. The second kappa shape index (κ2) is 17.0. The molecule has 0 bridgehead atoms. The number of anilines is 1. The molecular weight excluding hydrogens is 644 g/mol. The molecule has 0 saturated carbocycles. The molecule has 0 spiro atoms. The molecule has 0 radical (unpaired) electrons. The Morgan fingerprint density at radius 2 is 1.41 bits per heavy atom. The van der Waals surface area contributed by atoms with E-state index in [0.29, 0.717) is 37.4 Å². The third-order valence-corrected chi connectivity index (χ3v) is 8.69. The van der Waals surface area contributed by atoms with E-state index in [1.54, 1.807) is 53.2 Å². The number of nitrogens with zero attached hydrogens (tertiary/aromatic N) is 3. The van der Waals surface area contributed by atoms with E-state index in [-0.39, 0.29) is 17.8 Å². The Kier molecular flexibility index (Phi) is 12.3. The molecule has 1 aliphatic rings. The fourth-order valence-corrected chi connectivity index (χ4v) is 5.92. The Hall–Kier alpha value is -5.35. The molecule has 1 saturated heterocycles. The van der Waals surface area contributed by atoms with Gasteiger partial charge in [0.2, 0.25) is 0 Å². The summed E-state index contributed by atoms with van der Waals surface area (Å²) in [4.78, 5) is 44.7. The van der Waals surface area contributed by atoms with Gasteiger partial charge in [-0.1, -0.05) is 72.8 Å². The molecule has 0 aromatic heterocycles. The number of carbonyl (C=O) groups excluding carboxylic acids is 3. The van der Waals surface area contributed by atoms with E-state index < -0.39 is 17.8 Å². The number of nitrogens with one attached hydrogen (secondary N) is 1. The van der Waals surface area contributed by atoms with Gasteiger partial charge in [0.1, 0.15) is 17.5 Å². The first-order chi connectivity index (χ1) is 24.4. The van der Waals surface area contributed by atoms with E-state index in [1.807, 2.05) is 87.5 Å². The van der Waals surface area contributed by atoms with Crippen LogP contribution in [0.1, 0.15) is 55.1 Å². The molecule has 4 aromatic carbocycles. The maximum atomic E-state index is 13.3. The van der Waals surface area contributed by atoms with Crippen LogP contribution in [0.5, 0.6) is 5.75 Å². The molecular formula is C41H48N4O6. The number of piperidine rings is 1. The number of para-hydroxylation sites is 1. The van der Waals surface area contributed by atoms with Crippen molar-refractivity contribution >= 4 is 23.8 Å². The van der Waals surface area contributed by atoms with Crippen LogP contribution in [0.25, 0.3) is 11.1 Å². The number of amides is 3. The molecule has 268 valence electrons. The van der Waals surface area contributed by atoms with Gasteiger partial charge in [0.15, 0.2) is 0 Å². The predicted molar refractivity (Wildman–Crippen MR) is 198 cm³/mol. The van der Waals surface area contributed by atoms with Crippen LogP contribution in [0, 0.1) is 0 Å². The second-order valence-corrected chi connectivity index (χ2v) is 13.9. The fourth-order valence-electron chi connectivity index (χ4n) is 5.92. The lowest BCUT2D eigenvalue weighted by Gasteiger charge is -2.32. The summed E-state index contributed by atoms with van der Waals surface area (Å²) in [6, 6.07) is 31.6. The van der Waals surface area contributed by atoms with Crippen molar-refractivity contribution in [1.82, 2.24) is 14.7 Å². The lowest BCUT2D eigenvalue weighted by molar-refractivity contribution is 0.0216. The van der Waals surface area contributed by atoms with E-state index in [1.165, 1.54) is 0 Å². The average molecular weight is 693 g/mol. The van der Waals surface area contributed by atoms with Crippen LogP contribution < -0.4 is 5.32 Å². The van der Waals surface area contributed by atoms with E-state index in [4.69, 9.17) is 9.47 Å². The first-order valence-electron chi connectivity index (χ1n) is 17.4. The lowest BCUT2D eigenvalue weighted by Crippen LogP contribution is -2.42. The zero-order chi connectivity index (χ0) is 36.4. The van der Waals surface area contributed by atoms with Crippen LogP contribution in [0.15, 0.2) is 103 Å².